The number of hydrogen-bond acceptors (Lipinski definition) is 4. The van der Waals surface area contributed by atoms with E-state index < -0.39 is 23.4 Å². The standard InChI is InChI=1S/C12H5F4N3O2/c13-6-2-1-5(10-9(6)19-11(20)21-10)7-3-18-8(4-17-7)12(14,15)16/h1-4H,(H,19,20). The summed E-state index contributed by atoms with van der Waals surface area (Å²) < 4.78 is 55.5. The summed E-state index contributed by atoms with van der Waals surface area (Å²) in [5, 5.41) is 0. The molecule has 0 saturated heterocycles. The zero-order valence-electron chi connectivity index (χ0n) is 10.0. The van der Waals surface area contributed by atoms with Crippen LogP contribution in [0.1, 0.15) is 5.69 Å². The van der Waals surface area contributed by atoms with E-state index in [0.29, 0.717) is 6.20 Å². The van der Waals surface area contributed by atoms with Crippen LogP contribution in [-0.4, -0.2) is 15.0 Å². The normalized spacial score (nSPS) is 12.0. The molecule has 3 rings (SSSR count). The highest BCUT2D eigenvalue weighted by Crippen LogP contribution is 2.30. The Labute approximate surface area is 113 Å². The summed E-state index contributed by atoms with van der Waals surface area (Å²) in [6.45, 7) is 0. The van der Waals surface area contributed by atoms with Crippen LogP contribution in [0.2, 0.25) is 0 Å². The first-order valence-electron chi connectivity index (χ1n) is 5.57. The Balaban J connectivity index is 2.17. The number of oxazole rings is 1. The van der Waals surface area contributed by atoms with E-state index >= 15 is 0 Å². The minimum atomic E-state index is -4.61. The van der Waals surface area contributed by atoms with Gasteiger partial charge in [-0.3, -0.25) is 9.97 Å². The number of hydrogen-bond donors (Lipinski definition) is 1. The lowest BCUT2D eigenvalue weighted by atomic mass is 10.1. The van der Waals surface area contributed by atoms with Crippen molar-refractivity contribution >= 4 is 11.1 Å². The van der Waals surface area contributed by atoms with E-state index in [-0.39, 0.29) is 22.4 Å². The van der Waals surface area contributed by atoms with Crippen LogP contribution in [0.4, 0.5) is 17.6 Å². The van der Waals surface area contributed by atoms with Gasteiger partial charge < -0.3 is 4.42 Å². The molecular formula is C12H5F4N3O2. The fourth-order valence-corrected chi connectivity index (χ4v) is 1.82. The van der Waals surface area contributed by atoms with E-state index in [0.717, 1.165) is 12.3 Å². The molecule has 5 nitrogen and oxygen atoms in total. The van der Waals surface area contributed by atoms with E-state index in [2.05, 4.69) is 15.0 Å². The van der Waals surface area contributed by atoms with Crippen LogP contribution in [0.25, 0.3) is 22.4 Å². The monoisotopic (exact) mass is 299 g/mol. The van der Waals surface area contributed by atoms with Crippen molar-refractivity contribution < 1.29 is 22.0 Å². The molecule has 0 aliphatic carbocycles. The van der Waals surface area contributed by atoms with Crippen LogP contribution in [0.15, 0.2) is 33.7 Å². The Morgan fingerprint density at radius 3 is 2.52 bits per heavy atom. The third-order valence-corrected chi connectivity index (χ3v) is 2.75. The maximum Gasteiger partial charge on any atom is 0.434 e. The molecule has 0 saturated carbocycles. The van der Waals surface area contributed by atoms with Gasteiger partial charge in [-0.05, 0) is 12.1 Å². The van der Waals surface area contributed by atoms with Crippen LogP contribution in [-0.2, 0) is 6.18 Å². The highest BCUT2D eigenvalue weighted by molar-refractivity contribution is 5.88. The number of benzene rings is 1. The van der Waals surface area contributed by atoms with Gasteiger partial charge in [-0.25, -0.2) is 14.2 Å². The molecule has 0 fully saturated rings. The second-order valence-electron chi connectivity index (χ2n) is 4.10. The van der Waals surface area contributed by atoms with E-state index in [1.54, 1.807) is 0 Å². The van der Waals surface area contributed by atoms with Crippen molar-refractivity contribution in [2.45, 2.75) is 6.18 Å². The van der Waals surface area contributed by atoms with E-state index in [1.807, 2.05) is 0 Å². The molecule has 2 heterocycles. The first-order chi connectivity index (χ1) is 9.86. The van der Waals surface area contributed by atoms with Gasteiger partial charge in [0.05, 0.1) is 18.1 Å². The van der Waals surface area contributed by atoms with Gasteiger partial charge in [-0.1, -0.05) is 0 Å². The Bertz CT molecular complexity index is 865. The lowest BCUT2D eigenvalue weighted by molar-refractivity contribution is -0.141. The molecule has 0 unspecified atom stereocenters. The lowest BCUT2D eigenvalue weighted by Gasteiger charge is -2.06. The Kier molecular flexibility index (Phi) is 2.78. The zero-order chi connectivity index (χ0) is 15.2. The summed E-state index contributed by atoms with van der Waals surface area (Å²) in [7, 11) is 0. The molecule has 0 spiro atoms. The number of aromatic nitrogens is 3. The molecule has 0 radical (unpaired) electrons. The molecule has 1 aromatic carbocycles. The third kappa shape index (κ3) is 2.26. The molecule has 21 heavy (non-hydrogen) atoms. The van der Waals surface area contributed by atoms with Gasteiger partial charge in [-0.15, -0.1) is 0 Å². The van der Waals surface area contributed by atoms with Gasteiger partial charge in [0, 0.05) is 5.56 Å². The zero-order valence-corrected chi connectivity index (χ0v) is 10.0. The molecule has 0 aliphatic rings. The topological polar surface area (TPSA) is 71.8 Å². The van der Waals surface area contributed by atoms with E-state index in [1.165, 1.54) is 6.07 Å². The molecular weight excluding hydrogens is 294 g/mol. The second-order valence-corrected chi connectivity index (χ2v) is 4.10. The average molecular weight is 299 g/mol. The summed E-state index contributed by atoms with van der Waals surface area (Å²) >= 11 is 0. The molecule has 0 atom stereocenters. The van der Waals surface area contributed by atoms with Gasteiger partial charge >= 0.3 is 11.9 Å². The molecule has 1 N–H and O–H groups in total. The SMILES string of the molecule is O=c1[nH]c2c(F)ccc(-c3cnc(C(F)(F)F)cn3)c2o1. The minimum absolute atomic E-state index is 0.0238. The number of nitrogens with zero attached hydrogens (tertiary/aromatic N) is 2. The number of alkyl halides is 3. The lowest BCUT2D eigenvalue weighted by Crippen LogP contribution is -2.08. The molecule has 108 valence electrons. The summed E-state index contributed by atoms with van der Waals surface area (Å²) in [6.07, 6.45) is -3.18. The van der Waals surface area contributed by atoms with E-state index in [9.17, 15) is 22.4 Å². The van der Waals surface area contributed by atoms with Crippen LogP contribution in [0, 0.1) is 5.82 Å². The summed E-state index contributed by atoms with van der Waals surface area (Å²) in [5.41, 5.74) is -1.28. The third-order valence-electron chi connectivity index (χ3n) is 2.75. The van der Waals surface area contributed by atoms with Crippen molar-refractivity contribution in [3.63, 3.8) is 0 Å². The summed E-state index contributed by atoms with van der Waals surface area (Å²) in [4.78, 5) is 20.2. The smallest absolute Gasteiger partial charge is 0.407 e. The Hall–Kier alpha value is -2.71. The Morgan fingerprint density at radius 2 is 1.90 bits per heavy atom. The van der Waals surface area contributed by atoms with Gasteiger partial charge in [0.25, 0.3) is 0 Å². The van der Waals surface area contributed by atoms with Gasteiger partial charge in [0.15, 0.2) is 17.1 Å². The quantitative estimate of drug-likeness (QED) is 0.701. The molecule has 2 aromatic heterocycles. The maximum atomic E-state index is 13.5. The molecule has 3 aromatic rings. The van der Waals surface area contributed by atoms with Crippen LogP contribution < -0.4 is 5.76 Å². The van der Waals surface area contributed by atoms with Gasteiger partial charge in [0.1, 0.15) is 5.52 Å². The molecule has 9 heteroatoms. The van der Waals surface area contributed by atoms with Gasteiger partial charge in [-0.2, -0.15) is 13.2 Å². The predicted molar refractivity (Wildman–Crippen MR) is 62.8 cm³/mol. The minimum Gasteiger partial charge on any atom is -0.407 e. The number of aromatic amines is 1. The number of nitrogens with one attached hydrogen (secondary N) is 1. The van der Waals surface area contributed by atoms with Crippen molar-refractivity contribution in [2.75, 3.05) is 0 Å². The fourth-order valence-electron chi connectivity index (χ4n) is 1.82. The van der Waals surface area contributed by atoms with Crippen molar-refractivity contribution in [1.29, 1.82) is 0 Å². The summed E-state index contributed by atoms with van der Waals surface area (Å²) in [6, 6.07) is 2.29. The largest absolute Gasteiger partial charge is 0.434 e. The van der Waals surface area contributed by atoms with Crippen LogP contribution in [0.5, 0.6) is 0 Å². The Morgan fingerprint density at radius 1 is 1.14 bits per heavy atom. The number of rotatable bonds is 1. The second kappa shape index (κ2) is 4.40. The molecule has 0 amide bonds. The highest BCUT2D eigenvalue weighted by atomic mass is 19.4. The van der Waals surface area contributed by atoms with Crippen LogP contribution in [0.3, 0.4) is 0 Å². The number of halogens is 4. The first-order valence-corrected chi connectivity index (χ1v) is 5.57. The van der Waals surface area contributed by atoms with Crippen LogP contribution >= 0.6 is 0 Å². The first kappa shape index (κ1) is 13.3. The molecule has 0 aliphatic heterocycles. The predicted octanol–water partition coefficient (Wildman–Crippen LogP) is 2.74. The summed E-state index contributed by atoms with van der Waals surface area (Å²) in [5.74, 6) is -1.60. The van der Waals surface area contributed by atoms with Crippen molar-refractivity contribution in [2.24, 2.45) is 0 Å². The van der Waals surface area contributed by atoms with Crippen molar-refractivity contribution in [3.8, 4) is 11.3 Å². The molecule has 0 bridgehead atoms. The number of fused-ring (bicyclic) bond motifs is 1. The van der Waals surface area contributed by atoms with Crippen molar-refractivity contribution in [3.05, 3.63) is 46.6 Å². The average Bonchev–Trinajstić information content (AvgIpc) is 2.81. The van der Waals surface area contributed by atoms with Crippen molar-refractivity contribution in [1.82, 2.24) is 15.0 Å². The fraction of sp³-hybridized carbons (Fsp3) is 0.0833. The van der Waals surface area contributed by atoms with Gasteiger partial charge in [0.2, 0.25) is 0 Å². The highest BCUT2D eigenvalue weighted by Gasteiger charge is 2.32. The number of H-pyrrole nitrogens is 1. The van der Waals surface area contributed by atoms with E-state index in [4.69, 9.17) is 4.42 Å². The maximum absolute atomic E-state index is 13.5.